The standard InChI is InChI=1S/C4H5O4P/c5-3(6)1-2(9)4(7)8/h9H,1H2,(H,5,6)(H,7,8)/p+1. The van der Waals surface area contributed by atoms with E-state index in [9.17, 15) is 9.59 Å². The van der Waals surface area contributed by atoms with E-state index in [1.807, 2.05) is 8.86 Å². The van der Waals surface area contributed by atoms with Gasteiger partial charge in [0.15, 0.2) is 0 Å². The van der Waals surface area contributed by atoms with Gasteiger partial charge in [0.1, 0.15) is 6.42 Å². The van der Waals surface area contributed by atoms with E-state index in [-0.39, 0.29) is 5.29 Å². The first kappa shape index (κ1) is 8.11. The molecule has 0 bridgehead atoms. The van der Waals surface area contributed by atoms with Gasteiger partial charge in [-0.05, 0) is 0 Å². The zero-order chi connectivity index (χ0) is 7.44. The highest BCUT2D eigenvalue weighted by Gasteiger charge is 2.14. The SMILES string of the molecule is O=C(O)CC(=[PH2+])C(=O)O. The van der Waals surface area contributed by atoms with Crippen molar-refractivity contribution in [2.24, 2.45) is 0 Å². The van der Waals surface area contributed by atoms with Crippen LogP contribution in [0.2, 0.25) is 0 Å². The van der Waals surface area contributed by atoms with Gasteiger partial charge in [-0.15, -0.1) is 0 Å². The van der Waals surface area contributed by atoms with Gasteiger partial charge >= 0.3 is 11.9 Å². The molecule has 4 nitrogen and oxygen atoms in total. The lowest BCUT2D eigenvalue weighted by molar-refractivity contribution is -0.137. The Kier molecular flexibility index (Phi) is 2.88. The predicted octanol–water partition coefficient (Wildman–Crippen LogP) is -0.407. The molecule has 0 aliphatic heterocycles. The van der Waals surface area contributed by atoms with Crippen molar-refractivity contribution in [3.63, 3.8) is 0 Å². The fourth-order valence-corrected chi connectivity index (χ4v) is 0.413. The second-order valence-corrected chi connectivity index (χ2v) is 2.10. The molecule has 0 aromatic heterocycles. The van der Waals surface area contributed by atoms with Gasteiger partial charge in [-0.1, -0.05) is 0 Å². The minimum atomic E-state index is -1.19. The van der Waals surface area contributed by atoms with E-state index < -0.39 is 18.4 Å². The first-order valence-electron chi connectivity index (χ1n) is 2.10. The molecule has 0 aromatic rings. The summed E-state index contributed by atoms with van der Waals surface area (Å²) in [6, 6.07) is 0. The summed E-state index contributed by atoms with van der Waals surface area (Å²) in [5, 5.41) is 16.0. The number of hydrogen-bond donors (Lipinski definition) is 2. The Morgan fingerprint density at radius 1 is 1.33 bits per heavy atom. The Hall–Kier alpha value is -0.890. The fourth-order valence-electron chi connectivity index (χ4n) is 0.239. The number of aliphatic carboxylic acids is 2. The molecule has 2 N–H and O–H groups in total. The molecule has 1 unspecified atom stereocenters. The van der Waals surface area contributed by atoms with Crippen LogP contribution in [0, 0.1) is 0 Å². The number of hydrogen-bond acceptors (Lipinski definition) is 2. The lowest BCUT2D eigenvalue weighted by atomic mass is 10.3. The van der Waals surface area contributed by atoms with Crippen molar-refractivity contribution in [1.29, 1.82) is 0 Å². The van der Waals surface area contributed by atoms with Crippen molar-refractivity contribution >= 4 is 26.1 Å². The first-order valence-corrected chi connectivity index (χ1v) is 2.68. The fraction of sp³-hybridized carbons (Fsp3) is 0.250. The van der Waals surface area contributed by atoms with Gasteiger partial charge in [0, 0.05) is 0 Å². The Bertz CT molecular complexity index is 162. The van der Waals surface area contributed by atoms with Crippen molar-refractivity contribution in [1.82, 2.24) is 0 Å². The van der Waals surface area contributed by atoms with Crippen molar-refractivity contribution in [2.75, 3.05) is 0 Å². The maximum atomic E-state index is 9.91. The highest BCUT2D eigenvalue weighted by atomic mass is 31.0. The van der Waals surface area contributed by atoms with Crippen LogP contribution < -0.4 is 0 Å². The van der Waals surface area contributed by atoms with Gasteiger partial charge in [0.2, 0.25) is 5.29 Å². The van der Waals surface area contributed by atoms with E-state index in [0.29, 0.717) is 0 Å². The molecule has 0 saturated heterocycles. The van der Waals surface area contributed by atoms with Crippen LogP contribution in [-0.4, -0.2) is 27.4 Å². The normalized spacial score (nSPS) is 8.44. The Labute approximate surface area is 53.3 Å². The van der Waals surface area contributed by atoms with Gasteiger partial charge in [0.25, 0.3) is 0 Å². The maximum absolute atomic E-state index is 9.91. The Morgan fingerprint density at radius 2 is 1.78 bits per heavy atom. The van der Waals surface area contributed by atoms with Gasteiger partial charge in [0.05, 0.1) is 8.86 Å². The van der Waals surface area contributed by atoms with Gasteiger partial charge < -0.3 is 10.2 Å². The lowest BCUT2D eigenvalue weighted by Crippen LogP contribution is -2.13. The van der Waals surface area contributed by atoms with Crippen LogP contribution in [0.5, 0.6) is 0 Å². The first-order chi connectivity index (χ1) is 4.04. The van der Waals surface area contributed by atoms with Crippen LogP contribution in [0.15, 0.2) is 0 Å². The summed E-state index contributed by atoms with van der Waals surface area (Å²) in [7, 11) is 1.85. The smallest absolute Gasteiger partial charge is 0.374 e. The molecule has 0 saturated carbocycles. The molecule has 5 heteroatoms. The largest absolute Gasteiger partial charge is 0.481 e. The van der Waals surface area contributed by atoms with Gasteiger partial charge in [-0.3, -0.25) is 4.79 Å². The summed E-state index contributed by atoms with van der Waals surface area (Å²) >= 11 is 0. The molecule has 1 atom stereocenters. The van der Waals surface area contributed by atoms with Crippen LogP contribution in [0.3, 0.4) is 0 Å². The summed E-state index contributed by atoms with van der Waals surface area (Å²) in [6.07, 6.45) is -0.431. The van der Waals surface area contributed by atoms with Crippen molar-refractivity contribution in [3.8, 4) is 0 Å². The van der Waals surface area contributed by atoms with E-state index in [1.54, 1.807) is 0 Å². The maximum Gasteiger partial charge on any atom is 0.374 e. The predicted molar refractivity (Wildman–Crippen MR) is 34.6 cm³/mol. The molecule has 0 heterocycles. The molecular weight excluding hydrogens is 143 g/mol. The molecule has 0 radical (unpaired) electrons. The molecule has 0 aromatic carbocycles. The van der Waals surface area contributed by atoms with Crippen LogP contribution in [0.1, 0.15) is 6.42 Å². The van der Waals surface area contributed by atoms with Crippen molar-refractivity contribution < 1.29 is 19.8 Å². The molecule has 0 fully saturated rings. The molecule has 0 aliphatic rings. The summed E-state index contributed by atoms with van der Waals surface area (Å²) in [5.41, 5.74) is 0. The zero-order valence-corrected chi connectivity index (χ0v) is 5.65. The summed E-state index contributed by atoms with van der Waals surface area (Å²) in [4.78, 5) is 19.7. The number of carboxylic acid groups (broad SMARTS) is 2. The van der Waals surface area contributed by atoms with Gasteiger partial charge in [-0.25, -0.2) is 4.79 Å². The number of rotatable bonds is 3. The van der Waals surface area contributed by atoms with E-state index in [0.717, 1.165) is 0 Å². The zero-order valence-electron chi connectivity index (χ0n) is 4.50. The molecule has 50 valence electrons. The highest BCUT2D eigenvalue weighted by molar-refractivity contribution is 7.25. The monoisotopic (exact) mass is 149 g/mol. The molecule has 0 spiro atoms. The second kappa shape index (κ2) is 3.20. The van der Waals surface area contributed by atoms with Crippen LogP contribution in [-0.2, 0) is 9.59 Å². The van der Waals surface area contributed by atoms with E-state index in [4.69, 9.17) is 10.2 Å². The third kappa shape index (κ3) is 3.67. The lowest BCUT2D eigenvalue weighted by Gasteiger charge is -1.84. The third-order valence-corrected chi connectivity index (χ3v) is 1.07. The highest BCUT2D eigenvalue weighted by Crippen LogP contribution is 1.88. The number of carboxylic acids is 2. The summed E-state index contributed by atoms with van der Waals surface area (Å²) in [5.74, 6) is -2.33. The average molecular weight is 149 g/mol. The van der Waals surface area contributed by atoms with Crippen LogP contribution in [0.4, 0.5) is 0 Å². The minimum absolute atomic E-state index is 0.137. The average Bonchev–Trinajstić information content (AvgIpc) is 1.63. The number of carbonyl (C=O) groups is 2. The minimum Gasteiger partial charge on any atom is -0.481 e. The quantitative estimate of drug-likeness (QED) is 0.535. The van der Waals surface area contributed by atoms with Crippen LogP contribution in [0.25, 0.3) is 0 Å². The molecule has 0 aliphatic carbocycles. The molecule has 9 heavy (non-hydrogen) atoms. The topological polar surface area (TPSA) is 74.6 Å². The van der Waals surface area contributed by atoms with Gasteiger partial charge in [-0.2, -0.15) is 0 Å². The van der Waals surface area contributed by atoms with Crippen molar-refractivity contribution in [2.45, 2.75) is 6.42 Å². The molecule has 0 rings (SSSR count). The molecule has 0 amide bonds. The van der Waals surface area contributed by atoms with Crippen molar-refractivity contribution in [3.05, 3.63) is 0 Å². The second-order valence-electron chi connectivity index (χ2n) is 1.40. The Morgan fingerprint density at radius 3 is 1.89 bits per heavy atom. The summed E-state index contributed by atoms with van der Waals surface area (Å²) in [6.45, 7) is 0. The Balaban J connectivity index is 3.79. The van der Waals surface area contributed by atoms with E-state index >= 15 is 0 Å². The summed E-state index contributed by atoms with van der Waals surface area (Å²) < 4.78 is 0. The van der Waals surface area contributed by atoms with E-state index in [1.165, 1.54) is 0 Å². The van der Waals surface area contributed by atoms with E-state index in [2.05, 4.69) is 0 Å². The third-order valence-electron chi connectivity index (χ3n) is 0.616. The van der Waals surface area contributed by atoms with Crippen LogP contribution >= 0.6 is 8.86 Å². The molecular formula is C4H6O4P+.